The number of hydrogen-bond acceptors (Lipinski definition) is 5. The SMILES string of the molecule is C=C(CC1Cc2c(cccc2OC)CC1NOC)C(=O)OC(C)(C)C. The van der Waals surface area contributed by atoms with E-state index in [1.807, 2.05) is 32.9 Å². The quantitative estimate of drug-likeness (QED) is 0.486. The smallest absolute Gasteiger partial charge is 0.333 e. The van der Waals surface area contributed by atoms with Crippen LogP contribution in [0.15, 0.2) is 30.4 Å². The summed E-state index contributed by atoms with van der Waals surface area (Å²) in [4.78, 5) is 17.4. The molecular weight excluding hydrogens is 318 g/mol. The van der Waals surface area contributed by atoms with Gasteiger partial charge in [0.1, 0.15) is 11.4 Å². The van der Waals surface area contributed by atoms with E-state index < -0.39 is 5.60 Å². The van der Waals surface area contributed by atoms with E-state index in [-0.39, 0.29) is 17.9 Å². The largest absolute Gasteiger partial charge is 0.496 e. The minimum atomic E-state index is -0.521. The highest BCUT2D eigenvalue weighted by Gasteiger charge is 2.32. The van der Waals surface area contributed by atoms with Crippen LogP contribution >= 0.6 is 0 Å². The molecule has 0 saturated heterocycles. The van der Waals surface area contributed by atoms with E-state index in [4.69, 9.17) is 14.3 Å². The maximum absolute atomic E-state index is 12.3. The lowest BCUT2D eigenvalue weighted by Crippen LogP contribution is -2.42. The third-order valence-electron chi connectivity index (χ3n) is 4.39. The minimum Gasteiger partial charge on any atom is -0.496 e. The molecule has 2 rings (SSSR count). The molecule has 1 aromatic carbocycles. The fraction of sp³-hybridized carbons (Fsp3) is 0.550. The first-order valence-corrected chi connectivity index (χ1v) is 8.59. The van der Waals surface area contributed by atoms with Crippen LogP contribution in [-0.2, 0) is 27.2 Å². The zero-order valence-electron chi connectivity index (χ0n) is 15.8. The molecule has 0 saturated carbocycles. The summed E-state index contributed by atoms with van der Waals surface area (Å²) in [6.45, 7) is 9.52. The van der Waals surface area contributed by atoms with Gasteiger partial charge in [0.05, 0.1) is 14.2 Å². The predicted octanol–water partition coefficient (Wildman–Crippen LogP) is 3.22. The molecule has 0 heterocycles. The standard InChI is InChI=1S/C20H29NO4/c1-13(19(22)25-20(2,3)4)10-15-11-16-14(12-17(15)21-24-6)8-7-9-18(16)23-5/h7-9,15,17,21H,1,10-12H2,2-6H3. The molecule has 2 unspecified atom stereocenters. The average molecular weight is 347 g/mol. The summed E-state index contributed by atoms with van der Waals surface area (Å²) in [6, 6.07) is 6.19. The van der Waals surface area contributed by atoms with Crippen LogP contribution in [0.25, 0.3) is 0 Å². The van der Waals surface area contributed by atoms with Crippen LogP contribution in [0.3, 0.4) is 0 Å². The van der Waals surface area contributed by atoms with Gasteiger partial charge in [-0.3, -0.25) is 0 Å². The van der Waals surface area contributed by atoms with Crippen molar-refractivity contribution in [1.29, 1.82) is 0 Å². The number of rotatable bonds is 6. The van der Waals surface area contributed by atoms with Crippen molar-refractivity contribution in [2.75, 3.05) is 14.2 Å². The lowest BCUT2D eigenvalue weighted by Gasteiger charge is -2.34. The van der Waals surface area contributed by atoms with Gasteiger partial charge in [0.2, 0.25) is 0 Å². The zero-order chi connectivity index (χ0) is 18.6. The van der Waals surface area contributed by atoms with Gasteiger partial charge in [0.15, 0.2) is 0 Å². The molecule has 0 fully saturated rings. The number of hydrogen-bond donors (Lipinski definition) is 1. The van der Waals surface area contributed by atoms with Crippen LogP contribution < -0.4 is 10.2 Å². The van der Waals surface area contributed by atoms with Gasteiger partial charge in [-0.2, -0.15) is 5.48 Å². The number of hydroxylamine groups is 1. The number of esters is 1. The van der Waals surface area contributed by atoms with E-state index in [2.05, 4.69) is 18.1 Å². The van der Waals surface area contributed by atoms with Gasteiger partial charge in [-0.05, 0) is 63.1 Å². The molecule has 0 radical (unpaired) electrons. The normalized spacial score (nSPS) is 19.9. The van der Waals surface area contributed by atoms with E-state index in [1.54, 1.807) is 14.2 Å². The second-order valence-corrected chi connectivity index (χ2v) is 7.50. The highest BCUT2D eigenvalue weighted by Crippen LogP contribution is 2.35. The maximum Gasteiger partial charge on any atom is 0.333 e. The molecule has 5 nitrogen and oxygen atoms in total. The van der Waals surface area contributed by atoms with Crippen molar-refractivity contribution in [3.63, 3.8) is 0 Å². The lowest BCUT2D eigenvalue weighted by atomic mass is 9.77. The van der Waals surface area contributed by atoms with E-state index in [1.165, 1.54) is 11.1 Å². The second kappa shape index (κ2) is 8.02. The summed E-state index contributed by atoms with van der Waals surface area (Å²) in [7, 11) is 3.30. The summed E-state index contributed by atoms with van der Waals surface area (Å²) >= 11 is 0. The van der Waals surface area contributed by atoms with Gasteiger partial charge in [-0.25, -0.2) is 4.79 Å². The number of carbonyl (C=O) groups excluding carboxylic acids is 1. The van der Waals surface area contributed by atoms with Gasteiger partial charge < -0.3 is 14.3 Å². The molecular formula is C20H29NO4. The van der Waals surface area contributed by atoms with Gasteiger partial charge in [-0.15, -0.1) is 0 Å². The Morgan fingerprint density at radius 3 is 2.60 bits per heavy atom. The highest BCUT2D eigenvalue weighted by molar-refractivity contribution is 5.88. The Labute approximate surface area is 150 Å². The topological polar surface area (TPSA) is 56.8 Å². The van der Waals surface area contributed by atoms with Crippen molar-refractivity contribution in [3.8, 4) is 5.75 Å². The second-order valence-electron chi connectivity index (χ2n) is 7.50. The third-order valence-corrected chi connectivity index (χ3v) is 4.39. The van der Waals surface area contributed by atoms with Crippen molar-refractivity contribution in [2.24, 2.45) is 5.92 Å². The Morgan fingerprint density at radius 1 is 1.28 bits per heavy atom. The molecule has 2 atom stereocenters. The van der Waals surface area contributed by atoms with E-state index >= 15 is 0 Å². The average Bonchev–Trinajstić information content (AvgIpc) is 2.53. The molecule has 0 aliphatic heterocycles. The van der Waals surface area contributed by atoms with Gasteiger partial charge in [0.25, 0.3) is 0 Å². The molecule has 138 valence electrons. The van der Waals surface area contributed by atoms with Crippen molar-refractivity contribution in [1.82, 2.24) is 5.48 Å². The summed E-state index contributed by atoms with van der Waals surface area (Å²) in [6.07, 6.45) is 2.16. The Balaban J connectivity index is 2.17. The third kappa shape index (κ3) is 5.06. The number of ether oxygens (including phenoxy) is 2. The van der Waals surface area contributed by atoms with Crippen molar-refractivity contribution < 1.29 is 19.1 Å². The van der Waals surface area contributed by atoms with Gasteiger partial charge in [-0.1, -0.05) is 18.7 Å². The fourth-order valence-corrected chi connectivity index (χ4v) is 3.29. The van der Waals surface area contributed by atoms with Crippen LogP contribution in [0.1, 0.15) is 38.3 Å². The van der Waals surface area contributed by atoms with Crippen LogP contribution in [0.4, 0.5) is 0 Å². The maximum atomic E-state index is 12.3. The first-order chi connectivity index (χ1) is 11.7. The van der Waals surface area contributed by atoms with Gasteiger partial charge in [0, 0.05) is 11.6 Å². The Hall–Kier alpha value is -1.85. The number of fused-ring (bicyclic) bond motifs is 1. The lowest BCUT2D eigenvalue weighted by molar-refractivity contribution is -0.150. The zero-order valence-corrected chi connectivity index (χ0v) is 15.8. The van der Waals surface area contributed by atoms with E-state index in [0.29, 0.717) is 12.0 Å². The highest BCUT2D eigenvalue weighted by atomic mass is 16.6. The molecule has 5 heteroatoms. The van der Waals surface area contributed by atoms with Crippen molar-refractivity contribution in [3.05, 3.63) is 41.5 Å². The molecule has 1 aliphatic carbocycles. The van der Waals surface area contributed by atoms with Crippen molar-refractivity contribution in [2.45, 2.75) is 51.7 Å². The molecule has 1 N–H and O–H groups in total. The van der Waals surface area contributed by atoms with Gasteiger partial charge >= 0.3 is 5.97 Å². The first-order valence-electron chi connectivity index (χ1n) is 8.59. The Bertz CT molecular complexity index is 633. The Morgan fingerprint density at radius 2 is 2.00 bits per heavy atom. The summed E-state index contributed by atoms with van der Waals surface area (Å²) in [5.41, 5.74) is 5.48. The van der Waals surface area contributed by atoms with E-state index in [9.17, 15) is 4.79 Å². The van der Waals surface area contributed by atoms with Crippen LogP contribution in [0.5, 0.6) is 5.75 Å². The molecule has 0 amide bonds. The van der Waals surface area contributed by atoms with Crippen LogP contribution in [0.2, 0.25) is 0 Å². The number of nitrogens with one attached hydrogen (secondary N) is 1. The summed E-state index contributed by atoms with van der Waals surface area (Å²) in [5.74, 6) is 0.722. The molecule has 0 aromatic heterocycles. The molecule has 25 heavy (non-hydrogen) atoms. The molecule has 1 aromatic rings. The molecule has 0 spiro atoms. The molecule has 0 bridgehead atoms. The van der Waals surface area contributed by atoms with Crippen LogP contribution in [-0.4, -0.2) is 31.8 Å². The van der Waals surface area contributed by atoms with Crippen molar-refractivity contribution >= 4 is 5.97 Å². The number of carbonyl (C=O) groups is 1. The monoisotopic (exact) mass is 347 g/mol. The predicted molar refractivity (Wildman–Crippen MR) is 97.4 cm³/mol. The fourth-order valence-electron chi connectivity index (χ4n) is 3.29. The summed E-state index contributed by atoms with van der Waals surface area (Å²) < 4.78 is 10.9. The summed E-state index contributed by atoms with van der Waals surface area (Å²) in [5, 5.41) is 0. The van der Waals surface area contributed by atoms with Crippen LogP contribution in [0, 0.1) is 5.92 Å². The Kier molecular flexibility index (Phi) is 6.25. The van der Waals surface area contributed by atoms with E-state index in [0.717, 1.165) is 18.6 Å². The number of benzene rings is 1. The minimum absolute atomic E-state index is 0.101. The number of methoxy groups -OCH3 is 1. The molecule has 1 aliphatic rings. The first kappa shape index (κ1) is 19.5.